The molecule has 4 heteroatoms. The van der Waals surface area contributed by atoms with Crippen molar-refractivity contribution in [3.63, 3.8) is 0 Å². The van der Waals surface area contributed by atoms with E-state index in [1.165, 1.54) is 11.1 Å². The topological polar surface area (TPSA) is 57.8 Å². The number of amides is 1. The Morgan fingerprint density at radius 3 is 2.48 bits per heavy atom. The van der Waals surface area contributed by atoms with Gasteiger partial charge >= 0.3 is 0 Å². The molecule has 1 saturated carbocycles. The molecule has 0 bridgehead atoms. The molecule has 0 radical (unpaired) electrons. The van der Waals surface area contributed by atoms with Gasteiger partial charge in [0.1, 0.15) is 0 Å². The molecule has 0 aliphatic heterocycles. The zero-order chi connectivity index (χ0) is 17.4. The van der Waals surface area contributed by atoms with Crippen molar-refractivity contribution in [2.75, 3.05) is 5.32 Å². The van der Waals surface area contributed by atoms with E-state index in [4.69, 9.17) is 0 Å². The molecule has 1 aliphatic rings. The van der Waals surface area contributed by atoms with Crippen LogP contribution in [0.2, 0.25) is 0 Å². The van der Waals surface area contributed by atoms with Gasteiger partial charge in [-0.3, -0.25) is 9.89 Å². The second kappa shape index (κ2) is 6.36. The maximum absolute atomic E-state index is 12.1. The summed E-state index contributed by atoms with van der Waals surface area (Å²) in [6.45, 7) is 4.40. The lowest BCUT2D eigenvalue weighted by Gasteiger charge is -2.23. The molecule has 0 spiro atoms. The number of nitrogens with zero attached hydrogens (tertiary/aromatic N) is 1. The first-order chi connectivity index (χ1) is 12.1. The Kier molecular flexibility index (Phi) is 4.04. The number of nitrogens with one attached hydrogen (secondary N) is 2. The lowest BCUT2D eigenvalue weighted by atomic mass is 9.85. The van der Waals surface area contributed by atoms with Crippen LogP contribution < -0.4 is 5.32 Å². The molecule has 25 heavy (non-hydrogen) atoms. The Bertz CT molecular complexity index is 905. The molecule has 2 aromatic carbocycles. The first-order valence-electron chi connectivity index (χ1n) is 9.01. The largest absolute Gasteiger partial charge is 0.308 e. The van der Waals surface area contributed by atoms with E-state index in [9.17, 15) is 4.79 Å². The number of aromatic nitrogens is 2. The lowest BCUT2D eigenvalue weighted by Crippen LogP contribution is -2.28. The summed E-state index contributed by atoms with van der Waals surface area (Å²) in [7, 11) is 0. The highest BCUT2D eigenvalue weighted by molar-refractivity contribution is 6.01. The maximum atomic E-state index is 12.1. The van der Waals surface area contributed by atoms with Gasteiger partial charge in [-0.15, -0.1) is 0 Å². The molecule has 4 nitrogen and oxygen atoms in total. The summed E-state index contributed by atoms with van der Waals surface area (Å²) < 4.78 is 0. The summed E-state index contributed by atoms with van der Waals surface area (Å²) in [5.74, 6) is 1.41. The fourth-order valence-corrected chi connectivity index (χ4v) is 3.24. The van der Waals surface area contributed by atoms with Crippen LogP contribution in [0.3, 0.4) is 0 Å². The van der Waals surface area contributed by atoms with Crippen LogP contribution in [-0.2, 0) is 4.79 Å². The first-order valence-corrected chi connectivity index (χ1v) is 9.01. The molecular weight excluding hydrogens is 310 g/mol. The smallest absolute Gasteiger partial charge is 0.228 e. The van der Waals surface area contributed by atoms with Crippen LogP contribution in [0.25, 0.3) is 22.0 Å². The predicted octanol–water partition coefficient (Wildman–Crippen LogP) is 5.09. The molecule has 1 heterocycles. The van der Waals surface area contributed by atoms with E-state index in [1.807, 2.05) is 6.07 Å². The van der Waals surface area contributed by atoms with Gasteiger partial charge in [0.25, 0.3) is 0 Å². The quantitative estimate of drug-likeness (QED) is 0.698. The number of carbonyl (C=O) groups excluding carboxylic acids is 1. The van der Waals surface area contributed by atoms with Gasteiger partial charge < -0.3 is 5.32 Å². The number of H-pyrrole nitrogens is 1. The highest BCUT2D eigenvalue weighted by Gasteiger charge is 2.26. The van der Waals surface area contributed by atoms with Crippen molar-refractivity contribution in [2.24, 2.45) is 5.92 Å². The Balaban J connectivity index is 1.59. The van der Waals surface area contributed by atoms with Gasteiger partial charge in [0, 0.05) is 11.3 Å². The molecule has 0 unspecified atom stereocenters. The van der Waals surface area contributed by atoms with Gasteiger partial charge in [0.05, 0.1) is 5.52 Å². The third-order valence-electron chi connectivity index (χ3n) is 5.19. The van der Waals surface area contributed by atoms with E-state index < -0.39 is 0 Å². The number of anilines is 1. The minimum atomic E-state index is 0.0907. The molecular formula is C21H23N3O. The fourth-order valence-electron chi connectivity index (χ4n) is 3.24. The van der Waals surface area contributed by atoms with Gasteiger partial charge in [0.2, 0.25) is 5.91 Å². The zero-order valence-electron chi connectivity index (χ0n) is 14.7. The maximum Gasteiger partial charge on any atom is 0.228 e. The second-order valence-electron chi connectivity index (χ2n) is 7.23. The molecule has 0 saturated heterocycles. The molecule has 0 atom stereocenters. The average Bonchev–Trinajstić information content (AvgIpc) is 2.95. The molecule has 128 valence electrons. The minimum absolute atomic E-state index is 0.0907. The molecule has 1 amide bonds. The van der Waals surface area contributed by atoms with Crippen LogP contribution in [0.15, 0.2) is 42.5 Å². The van der Waals surface area contributed by atoms with Crippen LogP contribution in [0.5, 0.6) is 0 Å². The highest BCUT2D eigenvalue weighted by Crippen LogP contribution is 2.30. The zero-order valence-corrected chi connectivity index (χ0v) is 14.7. The Morgan fingerprint density at radius 1 is 1.12 bits per heavy atom. The summed E-state index contributed by atoms with van der Waals surface area (Å²) in [4.78, 5) is 12.1. The standard InChI is InChI=1S/C21H23N3O/c1-13(2)14-6-8-15(9-7-14)17-10-11-18-19(12-17)23-24-20(18)22-21(25)16-4-3-5-16/h6-13,16H,3-5H2,1-2H3,(H2,22,23,24,25). The average molecular weight is 333 g/mol. The molecule has 1 aliphatic carbocycles. The Hall–Kier alpha value is -2.62. The van der Waals surface area contributed by atoms with Crippen molar-refractivity contribution in [3.05, 3.63) is 48.0 Å². The molecule has 1 aromatic heterocycles. The van der Waals surface area contributed by atoms with Gasteiger partial charge in [-0.1, -0.05) is 50.6 Å². The van der Waals surface area contributed by atoms with Crippen LogP contribution in [0.4, 0.5) is 5.82 Å². The van der Waals surface area contributed by atoms with Gasteiger partial charge in [0.15, 0.2) is 5.82 Å². The number of carbonyl (C=O) groups is 1. The summed E-state index contributed by atoms with van der Waals surface area (Å²) in [6.07, 6.45) is 3.13. The molecule has 1 fully saturated rings. The van der Waals surface area contributed by atoms with Crippen molar-refractivity contribution in [1.29, 1.82) is 0 Å². The summed E-state index contributed by atoms with van der Waals surface area (Å²) in [5, 5.41) is 11.3. The third-order valence-corrected chi connectivity index (χ3v) is 5.19. The first kappa shape index (κ1) is 15.9. The Labute approximate surface area is 147 Å². The number of hydrogen-bond donors (Lipinski definition) is 2. The normalized spacial score (nSPS) is 14.7. The summed E-state index contributed by atoms with van der Waals surface area (Å²) in [5.41, 5.74) is 4.60. The van der Waals surface area contributed by atoms with E-state index in [0.29, 0.717) is 11.7 Å². The van der Waals surface area contributed by atoms with E-state index >= 15 is 0 Å². The van der Waals surface area contributed by atoms with Crippen molar-refractivity contribution in [3.8, 4) is 11.1 Å². The number of benzene rings is 2. The summed E-state index contributed by atoms with van der Waals surface area (Å²) in [6, 6.07) is 14.9. The van der Waals surface area contributed by atoms with Crippen LogP contribution in [0, 0.1) is 5.92 Å². The molecule has 3 aromatic rings. The van der Waals surface area contributed by atoms with Crippen LogP contribution >= 0.6 is 0 Å². The summed E-state index contributed by atoms with van der Waals surface area (Å²) >= 11 is 0. The molecule has 4 rings (SSSR count). The van der Waals surface area contributed by atoms with E-state index in [-0.39, 0.29) is 11.8 Å². The number of fused-ring (bicyclic) bond motifs is 1. The fraction of sp³-hybridized carbons (Fsp3) is 0.333. The predicted molar refractivity (Wildman–Crippen MR) is 102 cm³/mol. The monoisotopic (exact) mass is 333 g/mol. The van der Waals surface area contributed by atoms with Gasteiger partial charge in [-0.2, -0.15) is 5.10 Å². The second-order valence-corrected chi connectivity index (χ2v) is 7.23. The van der Waals surface area contributed by atoms with Crippen molar-refractivity contribution < 1.29 is 4.79 Å². The lowest BCUT2D eigenvalue weighted by molar-refractivity contribution is -0.122. The van der Waals surface area contributed by atoms with Gasteiger partial charge in [-0.05, 0) is 47.6 Å². The van der Waals surface area contributed by atoms with E-state index in [1.54, 1.807) is 0 Å². The van der Waals surface area contributed by atoms with Crippen LogP contribution in [-0.4, -0.2) is 16.1 Å². The van der Waals surface area contributed by atoms with Crippen molar-refractivity contribution in [2.45, 2.75) is 39.0 Å². The number of rotatable bonds is 4. The Morgan fingerprint density at radius 2 is 1.84 bits per heavy atom. The van der Waals surface area contributed by atoms with E-state index in [2.05, 4.69) is 65.8 Å². The van der Waals surface area contributed by atoms with Gasteiger partial charge in [-0.25, -0.2) is 0 Å². The van der Waals surface area contributed by atoms with Crippen molar-refractivity contribution in [1.82, 2.24) is 10.2 Å². The number of hydrogen-bond acceptors (Lipinski definition) is 2. The minimum Gasteiger partial charge on any atom is -0.308 e. The SMILES string of the molecule is CC(C)c1ccc(-c2ccc3c(NC(=O)C4CCC4)n[nH]c3c2)cc1. The highest BCUT2D eigenvalue weighted by atomic mass is 16.2. The van der Waals surface area contributed by atoms with Crippen molar-refractivity contribution >= 4 is 22.6 Å². The van der Waals surface area contributed by atoms with E-state index in [0.717, 1.165) is 35.7 Å². The third kappa shape index (κ3) is 3.04. The number of aromatic amines is 1. The van der Waals surface area contributed by atoms with Crippen LogP contribution in [0.1, 0.15) is 44.6 Å². The molecule has 2 N–H and O–H groups in total.